The van der Waals surface area contributed by atoms with Crippen LogP contribution in [0.4, 0.5) is 5.82 Å². The van der Waals surface area contributed by atoms with Crippen molar-refractivity contribution in [3.8, 4) is 17.2 Å². The standard InChI is InChI=1S/C22H20N6O3/c1-11-25-15-5-4-13(8-17(15)26-11)28-22(23)14(10-24-28)21(29)18-6-12-7-19(30-2)20(31-3)9-16(12)27-18/h4-10,27H,23H2,1-3H3,(H,25,26). The van der Waals surface area contributed by atoms with E-state index in [4.69, 9.17) is 15.2 Å². The van der Waals surface area contributed by atoms with Crippen LogP contribution in [-0.4, -0.2) is 44.7 Å². The van der Waals surface area contributed by atoms with Gasteiger partial charge in [-0.2, -0.15) is 5.10 Å². The Bertz CT molecular complexity index is 1420. The third-order valence-electron chi connectivity index (χ3n) is 5.25. The van der Waals surface area contributed by atoms with Gasteiger partial charge in [0, 0.05) is 17.0 Å². The van der Waals surface area contributed by atoms with Crippen molar-refractivity contribution in [1.82, 2.24) is 24.7 Å². The van der Waals surface area contributed by atoms with Crippen LogP contribution in [-0.2, 0) is 0 Å². The number of aromatic nitrogens is 5. The van der Waals surface area contributed by atoms with Crippen LogP contribution in [0, 0.1) is 6.92 Å². The van der Waals surface area contributed by atoms with E-state index in [-0.39, 0.29) is 11.6 Å². The Morgan fingerprint density at radius 2 is 1.81 bits per heavy atom. The van der Waals surface area contributed by atoms with Crippen molar-refractivity contribution in [3.63, 3.8) is 0 Å². The lowest BCUT2D eigenvalue weighted by molar-refractivity contribution is 0.103. The molecule has 9 heteroatoms. The molecule has 9 nitrogen and oxygen atoms in total. The Kier molecular flexibility index (Phi) is 4.18. The number of fused-ring (bicyclic) bond motifs is 2. The monoisotopic (exact) mass is 416 g/mol. The van der Waals surface area contributed by atoms with E-state index in [1.165, 1.54) is 10.9 Å². The molecule has 0 aliphatic heterocycles. The number of aryl methyl sites for hydroxylation is 1. The summed E-state index contributed by atoms with van der Waals surface area (Å²) < 4.78 is 12.2. The van der Waals surface area contributed by atoms with Crippen molar-refractivity contribution in [2.45, 2.75) is 6.92 Å². The number of nitrogens with one attached hydrogen (secondary N) is 2. The number of nitrogens with two attached hydrogens (primary N) is 1. The van der Waals surface area contributed by atoms with Crippen LogP contribution < -0.4 is 15.2 Å². The summed E-state index contributed by atoms with van der Waals surface area (Å²) in [5.41, 5.74) is 10.2. The molecule has 0 spiro atoms. The molecule has 0 radical (unpaired) electrons. The number of hydrogen-bond donors (Lipinski definition) is 3. The SMILES string of the molecule is COc1cc2cc(C(=O)c3cnn(-c4ccc5nc(C)[nH]c5c4)c3N)[nH]c2cc1OC. The van der Waals surface area contributed by atoms with E-state index in [9.17, 15) is 4.79 Å². The predicted octanol–water partition coefficient (Wildman–Crippen LogP) is 3.37. The summed E-state index contributed by atoms with van der Waals surface area (Å²) in [6, 6.07) is 11.0. The van der Waals surface area contributed by atoms with Crippen molar-refractivity contribution in [2.24, 2.45) is 0 Å². The summed E-state index contributed by atoms with van der Waals surface area (Å²) in [6.45, 7) is 1.89. The van der Waals surface area contributed by atoms with Gasteiger partial charge in [-0.15, -0.1) is 0 Å². The van der Waals surface area contributed by atoms with Gasteiger partial charge in [-0.05, 0) is 37.3 Å². The number of rotatable bonds is 5. The van der Waals surface area contributed by atoms with Crippen molar-refractivity contribution in [2.75, 3.05) is 20.0 Å². The van der Waals surface area contributed by atoms with Crippen molar-refractivity contribution in [1.29, 1.82) is 0 Å². The molecule has 2 aromatic carbocycles. The van der Waals surface area contributed by atoms with Crippen LogP contribution in [0.5, 0.6) is 11.5 Å². The van der Waals surface area contributed by atoms with Crippen LogP contribution in [0.2, 0.25) is 0 Å². The molecule has 3 aromatic heterocycles. The fourth-order valence-electron chi connectivity index (χ4n) is 3.72. The first-order chi connectivity index (χ1) is 15.0. The molecule has 0 aliphatic rings. The van der Waals surface area contributed by atoms with Gasteiger partial charge in [-0.1, -0.05) is 0 Å². The van der Waals surface area contributed by atoms with Crippen molar-refractivity contribution >= 4 is 33.5 Å². The zero-order valence-corrected chi connectivity index (χ0v) is 17.2. The first kappa shape index (κ1) is 18.7. The fourth-order valence-corrected chi connectivity index (χ4v) is 3.72. The van der Waals surface area contributed by atoms with Crippen molar-refractivity contribution in [3.05, 3.63) is 59.7 Å². The van der Waals surface area contributed by atoms with Gasteiger partial charge >= 0.3 is 0 Å². The van der Waals surface area contributed by atoms with E-state index in [2.05, 4.69) is 20.1 Å². The van der Waals surface area contributed by atoms with Gasteiger partial charge in [0.2, 0.25) is 5.78 Å². The maximum Gasteiger partial charge on any atom is 0.214 e. The molecule has 0 saturated heterocycles. The number of imidazole rings is 1. The lowest BCUT2D eigenvalue weighted by Crippen LogP contribution is -2.07. The predicted molar refractivity (Wildman–Crippen MR) is 117 cm³/mol. The lowest BCUT2D eigenvalue weighted by Gasteiger charge is -2.06. The number of benzene rings is 2. The second kappa shape index (κ2) is 6.91. The van der Waals surface area contributed by atoms with E-state index in [0.717, 1.165) is 33.4 Å². The smallest absolute Gasteiger partial charge is 0.214 e. The zero-order valence-electron chi connectivity index (χ0n) is 17.2. The molecule has 5 rings (SSSR count). The molecule has 31 heavy (non-hydrogen) atoms. The van der Waals surface area contributed by atoms with Crippen LogP contribution in [0.1, 0.15) is 21.9 Å². The summed E-state index contributed by atoms with van der Waals surface area (Å²) in [4.78, 5) is 23.9. The van der Waals surface area contributed by atoms with Crippen LogP contribution in [0.3, 0.4) is 0 Å². The minimum atomic E-state index is -0.253. The first-order valence-electron chi connectivity index (χ1n) is 9.58. The Morgan fingerprint density at radius 3 is 2.58 bits per heavy atom. The molecule has 4 N–H and O–H groups in total. The molecular formula is C22H20N6O3. The highest BCUT2D eigenvalue weighted by atomic mass is 16.5. The quantitative estimate of drug-likeness (QED) is 0.377. The van der Waals surface area contributed by atoms with E-state index < -0.39 is 0 Å². The number of methoxy groups -OCH3 is 2. The molecule has 0 bridgehead atoms. The largest absolute Gasteiger partial charge is 0.493 e. The second-order valence-electron chi connectivity index (χ2n) is 7.19. The number of nitrogen functional groups attached to an aromatic ring is 1. The molecule has 0 atom stereocenters. The van der Waals surface area contributed by atoms with E-state index in [1.54, 1.807) is 26.4 Å². The first-order valence-corrected chi connectivity index (χ1v) is 9.58. The minimum absolute atomic E-state index is 0.253. The number of aromatic amines is 2. The van der Waals surface area contributed by atoms with Gasteiger partial charge in [0.05, 0.1) is 48.4 Å². The number of nitrogens with zero attached hydrogens (tertiary/aromatic N) is 3. The van der Waals surface area contributed by atoms with Crippen LogP contribution >= 0.6 is 0 Å². The topological polar surface area (TPSA) is 124 Å². The molecule has 0 saturated carbocycles. The highest BCUT2D eigenvalue weighted by molar-refractivity contribution is 6.12. The number of carbonyl (C=O) groups excluding carboxylic acids is 1. The van der Waals surface area contributed by atoms with E-state index in [0.29, 0.717) is 22.8 Å². The molecule has 0 aliphatic carbocycles. The average molecular weight is 416 g/mol. The molecular weight excluding hydrogens is 396 g/mol. The van der Waals surface area contributed by atoms with E-state index >= 15 is 0 Å². The molecule has 0 unspecified atom stereocenters. The molecule has 3 heterocycles. The summed E-state index contributed by atoms with van der Waals surface area (Å²) in [5, 5.41) is 5.16. The Hall–Kier alpha value is -4.27. The highest BCUT2D eigenvalue weighted by Gasteiger charge is 2.20. The summed E-state index contributed by atoms with van der Waals surface area (Å²) >= 11 is 0. The normalized spacial score (nSPS) is 11.3. The molecule has 5 aromatic rings. The number of carbonyl (C=O) groups is 1. The van der Waals surface area contributed by atoms with Crippen LogP contribution in [0.25, 0.3) is 27.6 Å². The Labute approximate surface area is 176 Å². The lowest BCUT2D eigenvalue weighted by atomic mass is 10.1. The molecule has 156 valence electrons. The van der Waals surface area contributed by atoms with Gasteiger partial charge in [-0.3, -0.25) is 4.79 Å². The number of H-pyrrole nitrogens is 2. The van der Waals surface area contributed by atoms with E-state index in [1.807, 2.05) is 31.2 Å². The minimum Gasteiger partial charge on any atom is -0.493 e. The second-order valence-corrected chi connectivity index (χ2v) is 7.19. The van der Waals surface area contributed by atoms with Crippen LogP contribution in [0.15, 0.2) is 42.6 Å². The zero-order chi connectivity index (χ0) is 21.7. The summed E-state index contributed by atoms with van der Waals surface area (Å²) in [5.74, 6) is 1.99. The molecule has 0 amide bonds. The number of anilines is 1. The van der Waals surface area contributed by atoms with Gasteiger partial charge in [0.25, 0.3) is 0 Å². The third-order valence-corrected chi connectivity index (χ3v) is 5.25. The van der Waals surface area contributed by atoms with Gasteiger partial charge < -0.3 is 25.2 Å². The summed E-state index contributed by atoms with van der Waals surface area (Å²) in [7, 11) is 3.13. The highest BCUT2D eigenvalue weighted by Crippen LogP contribution is 2.33. The molecule has 0 fully saturated rings. The average Bonchev–Trinajstić information content (AvgIpc) is 3.46. The number of hydrogen-bond acceptors (Lipinski definition) is 6. The van der Waals surface area contributed by atoms with Gasteiger partial charge in [-0.25, -0.2) is 9.67 Å². The fraction of sp³-hybridized carbons (Fsp3) is 0.136. The number of ether oxygens (including phenoxy) is 2. The third kappa shape index (κ3) is 2.98. The van der Waals surface area contributed by atoms with Gasteiger partial charge in [0.15, 0.2) is 11.5 Å². The maximum absolute atomic E-state index is 13.2. The Balaban J connectivity index is 1.53. The van der Waals surface area contributed by atoms with Crippen molar-refractivity contribution < 1.29 is 14.3 Å². The number of ketones is 1. The van der Waals surface area contributed by atoms with Gasteiger partial charge in [0.1, 0.15) is 11.6 Å². The Morgan fingerprint density at radius 1 is 1.03 bits per heavy atom. The maximum atomic E-state index is 13.2. The summed E-state index contributed by atoms with van der Waals surface area (Å²) in [6.07, 6.45) is 1.48.